The zero-order valence-corrected chi connectivity index (χ0v) is 15.8. The van der Waals surface area contributed by atoms with Gasteiger partial charge in [-0.2, -0.15) is 5.10 Å². The molecule has 0 atom stereocenters. The van der Waals surface area contributed by atoms with Gasteiger partial charge >= 0.3 is 0 Å². The third kappa shape index (κ3) is 5.00. The van der Waals surface area contributed by atoms with E-state index in [1.165, 1.54) is 25.5 Å². The Bertz CT molecular complexity index is 841. The summed E-state index contributed by atoms with van der Waals surface area (Å²) in [5.41, 5.74) is 3.44. The minimum absolute atomic E-state index is 0.121. The molecule has 0 bridgehead atoms. The number of nitro benzene ring substituents is 1. The molecule has 138 valence electrons. The van der Waals surface area contributed by atoms with Crippen LogP contribution in [0.3, 0.4) is 0 Å². The summed E-state index contributed by atoms with van der Waals surface area (Å²) in [6.45, 7) is 3.70. The number of nitrogens with zero attached hydrogens (tertiary/aromatic N) is 2. The molecular formula is C17H17Cl2N3O4. The second-order valence-electron chi connectivity index (χ2n) is 5.48. The molecule has 0 saturated carbocycles. The van der Waals surface area contributed by atoms with Crippen LogP contribution in [-0.2, 0) is 0 Å². The molecule has 26 heavy (non-hydrogen) atoms. The van der Waals surface area contributed by atoms with Crippen molar-refractivity contribution in [3.8, 4) is 11.5 Å². The third-order valence-corrected chi connectivity index (χ3v) is 3.93. The smallest absolute Gasteiger partial charge is 0.282 e. The Morgan fingerprint density at radius 1 is 1.19 bits per heavy atom. The van der Waals surface area contributed by atoms with Crippen LogP contribution in [0.25, 0.3) is 0 Å². The van der Waals surface area contributed by atoms with E-state index >= 15 is 0 Å². The summed E-state index contributed by atoms with van der Waals surface area (Å²) in [5.74, 6) is 0.670. The first-order valence-corrected chi connectivity index (χ1v) is 8.34. The molecule has 0 heterocycles. The monoisotopic (exact) mass is 397 g/mol. The van der Waals surface area contributed by atoms with E-state index in [4.69, 9.17) is 32.7 Å². The Morgan fingerprint density at radius 2 is 1.92 bits per heavy atom. The molecule has 0 fully saturated rings. The quantitative estimate of drug-likeness (QED) is 0.396. The van der Waals surface area contributed by atoms with Crippen LogP contribution in [0.5, 0.6) is 11.5 Å². The SMILES string of the molecule is COc1cc([N+](=O)[O-])c(C=NNc2ccc(Cl)c(Cl)c2)cc1OC(C)C. The zero-order chi connectivity index (χ0) is 19.3. The van der Waals surface area contributed by atoms with E-state index in [9.17, 15) is 10.1 Å². The number of nitrogens with one attached hydrogen (secondary N) is 1. The standard InChI is InChI=1S/C17H17Cl2N3O4/c1-10(2)26-17-6-11(15(22(23)24)8-16(17)25-3)9-20-21-12-4-5-13(18)14(19)7-12/h4-10,21H,1-3H3. The van der Waals surface area contributed by atoms with E-state index in [1.807, 2.05) is 13.8 Å². The molecule has 7 nitrogen and oxygen atoms in total. The van der Waals surface area contributed by atoms with E-state index in [0.717, 1.165) is 0 Å². The van der Waals surface area contributed by atoms with Crippen LogP contribution >= 0.6 is 23.2 Å². The van der Waals surface area contributed by atoms with Crippen molar-refractivity contribution in [2.45, 2.75) is 20.0 Å². The summed E-state index contributed by atoms with van der Waals surface area (Å²) in [7, 11) is 1.42. The van der Waals surface area contributed by atoms with Gasteiger partial charge in [-0.1, -0.05) is 23.2 Å². The highest BCUT2D eigenvalue weighted by Gasteiger charge is 2.19. The molecule has 0 saturated heterocycles. The van der Waals surface area contributed by atoms with Crippen molar-refractivity contribution < 1.29 is 14.4 Å². The summed E-state index contributed by atoms with van der Waals surface area (Å²) in [5, 5.41) is 16.1. The van der Waals surface area contributed by atoms with Crippen molar-refractivity contribution in [1.29, 1.82) is 0 Å². The van der Waals surface area contributed by atoms with Gasteiger partial charge in [0.1, 0.15) is 0 Å². The van der Waals surface area contributed by atoms with Crippen LogP contribution in [0.15, 0.2) is 35.4 Å². The van der Waals surface area contributed by atoms with Crippen LogP contribution in [0.2, 0.25) is 10.0 Å². The van der Waals surface area contributed by atoms with Gasteiger partial charge in [0.15, 0.2) is 11.5 Å². The number of ether oxygens (including phenoxy) is 2. The first-order chi connectivity index (χ1) is 12.3. The van der Waals surface area contributed by atoms with Crippen LogP contribution in [0.1, 0.15) is 19.4 Å². The Balaban J connectivity index is 2.33. The average molecular weight is 398 g/mol. The number of hydrogen-bond donors (Lipinski definition) is 1. The lowest BCUT2D eigenvalue weighted by molar-refractivity contribution is -0.385. The summed E-state index contributed by atoms with van der Waals surface area (Å²) < 4.78 is 10.8. The number of methoxy groups -OCH3 is 1. The maximum Gasteiger partial charge on any atom is 0.282 e. The molecule has 0 unspecified atom stereocenters. The Morgan fingerprint density at radius 3 is 2.50 bits per heavy atom. The predicted molar refractivity (Wildman–Crippen MR) is 103 cm³/mol. The van der Waals surface area contributed by atoms with E-state index < -0.39 is 4.92 Å². The number of rotatable bonds is 7. The zero-order valence-electron chi connectivity index (χ0n) is 14.3. The van der Waals surface area contributed by atoms with Gasteiger partial charge in [-0.05, 0) is 38.1 Å². The summed E-state index contributed by atoms with van der Waals surface area (Å²) in [6, 6.07) is 7.71. The molecular weight excluding hydrogens is 381 g/mol. The van der Waals surface area contributed by atoms with E-state index in [0.29, 0.717) is 21.5 Å². The Hall–Kier alpha value is -2.51. The topological polar surface area (TPSA) is 86.0 Å². The first-order valence-electron chi connectivity index (χ1n) is 7.59. The number of hydrazone groups is 1. The molecule has 9 heteroatoms. The molecule has 0 aliphatic carbocycles. The van der Waals surface area contributed by atoms with Crippen molar-refractivity contribution in [3.05, 3.63) is 56.1 Å². The van der Waals surface area contributed by atoms with Gasteiger partial charge in [0.05, 0.1) is 51.7 Å². The molecule has 0 radical (unpaired) electrons. The maximum atomic E-state index is 11.3. The number of anilines is 1. The number of benzene rings is 2. The fourth-order valence-electron chi connectivity index (χ4n) is 2.07. The van der Waals surface area contributed by atoms with Gasteiger partial charge in [-0.15, -0.1) is 0 Å². The van der Waals surface area contributed by atoms with E-state index in [-0.39, 0.29) is 23.1 Å². The lowest BCUT2D eigenvalue weighted by atomic mass is 10.1. The second-order valence-corrected chi connectivity index (χ2v) is 6.30. The van der Waals surface area contributed by atoms with Crippen LogP contribution in [0.4, 0.5) is 11.4 Å². The second kappa shape index (κ2) is 8.73. The fraction of sp³-hybridized carbons (Fsp3) is 0.235. The molecule has 0 aliphatic heterocycles. The number of nitro groups is 1. The Kier molecular flexibility index (Phi) is 6.65. The van der Waals surface area contributed by atoms with Crippen molar-refractivity contribution in [1.82, 2.24) is 0 Å². The fourth-order valence-corrected chi connectivity index (χ4v) is 2.37. The molecule has 0 amide bonds. The average Bonchev–Trinajstić information content (AvgIpc) is 2.57. The van der Waals surface area contributed by atoms with Gasteiger partial charge in [0, 0.05) is 0 Å². The third-order valence-electron chi connectivity index (χ3n) is 3.19. The Labute approximate surface area is 160 Å². The van der Waals surface area contributed by atoms with E-state index in [1.54, 1.807) is 18.2 Å². The van der Waals surface area contributed by atoms with Crippen molar-refractivity contribution in [2.24, 2.45) is 5.10 Å². The lowest BCUT2D eigenvalue weighted by Crippen LogP contribution is -2.08. The summed E-state index contributed by atoms with van der Waals surface area (Å²) in [4.78, 5) is 10.8. The minimum Gasteiger partial charge on any atom is -0.493 e. The van der Waals surface area contributed by atoms with Gasteiger partial charge < -0.3 is 9.47 Å². The highest BCUT2D eigenvalue weighted by molar-refractivity contribution is 6.42. The largest absolute Gasteiger partial charge is 0.493 e. The molecule has 2 aromatic rings. The van der Waals surface area contributed by atoms with E-state index in [2.05, 4.69) is 10.5 Å². The van der Waals surface area contributed by atoms with Gasteiger partial charge in [-0.3, -0.25) is 15.5 Å². The van der Waals surface area contributed by atoms with Crippen molar-refractivity contribution in [2.75, 3.05) is 12.5 Å². The molecule has 0 spiro atoms. The van der Waals surface area contributed by atoms with Crippen molar-refractivity contribution >= 4 is 40.8 Å². The number of halogens is 2. The summed E-state index contributed by atoms with van der Waals surface area (Å²) >= 11 is 11.8. The van der Waals surface area contributed by atoms with Crippen LogP contribution in [-0.4, -0.2) is 24.4 Å². The highest BCUT2D eigenvalue weighted by Crippen LogP contribution is 2.34. The molecule has 2 rings (SSSR count). The first kappa shape index (κ1) is 19.8. The maximum absolute atomic E-state index is 11.3. The molecule has 0 aliphatic rings. The van der Waals surface area contributed by atoms with Gasteiger partial charge in [0.2, 0.25) is 0 Å². The molecule has 0 aromatic heterocycles. The van der Waals surface area contributed by atoms with Gasteiger partial charge in [-0.25, -0.2) is 0 Å². The molecule has 1 N–H and O–H groups in total. The highest BCUT2D eigenvalue weighted by atomic mass is 35.5. The normalized spacial score (nSPS) is 11.0. The summed E-state index contributed by atoms with van der Waals surface area (Å²) in [6.07, 6.45) is 1.21. The number of hydrogen-bond acceptors (Lipinski definition) is 6. The molecule has 2 aromatic carbocycles. The van der Waals surface area contributed by atoms with Crippen LogP contribution in [0, 0.1) is 10.1 Å². The van der Waals surface area contributed by atoms with Crippen LogP contribution < -0.4 is 14.9 Å². The van der Waals surface area contributed by atoms with Crippen molar-refractivity contribution in [3.63, 3.8) is 0 Å². The minimum atomic E-state index is -0.512. The lowest BCUT2D eigenvalue weighted by Gasteiger charge is -2.14. The predicted octanol–water partition coefficient (Wildman–Crippen LogP) is 5.14. The van der Waals surface area contributed by atoms with Gasteiger partial charge in [0.25, 0.3) is 5.69 Å².